The molecule has 75 valence electrons. The lowest BCUT2D eigenvalue weighted by Gasteiger charge is -2.22. The second-order valence-corrected chi connectivity index (χ2v) is 4.52. The summed E-state index contributed by atoms with van der Waals surface area (Å²) < 4.78 is 0. The Labute approximate surface area is 94.4 Å². The first-order valence-electron chi connectivity index (χ1n) is 4.85. The predicted octanol–water partition coefficient (Wildman–Crippen LogP) is 3.48. The van der Waals surface area contributed by atoms with E-state index in [0.29, 0.717) is 5.92 Å². The molecule has 0 aromatic heterocycles. The molecule has 1 aliphatic rings. The summed E-state index contributed by atoms with van der Waals surface area (Å²) in [6, 6.07) is 5.81. The summed E-state index contributed by atoms with van der Waals surface area (Å²) in [5.74, 6) is 0.587. The topological polar surface area (TPSA) is 14.1 Å². The van der Waals surface area contributed by atoms with Crippen LogP contribution < -0.4 is 5.32 Å². The van der Waals surface area contributed by atoms with Gasteiger partial charge >= 0.3 is 0 Å². The van der Waals surface area contributed by atoms with Crippen molar-refractivity contribution in [1.82, 2.24) is 5.32 Å². The van der Waals surface area contributed by atoms with E-state index in [4.69, 9.17) is 23.2 Å². The Morgan fingerprint density at radius 3 is 2.14 bits per heavy atom. The molecule has 2 rings (SSSR count). The predicted molar refractivity (Wildman–Crippen MR) is 60.3 cm³/mol. The van der Waals surface area contributed by atoms with E-state index >= 15 is 0 Å². The first-order chi connectivity index (χ1) is 6.75. The van der Waals surface area contributed by atoms with Gasteiger partial charge < -0.3 is 0 Å². The molecule has 1 radical (unpaired) electrons. The molecule has 1 saturated heterocycles. The Balaban J connectivity index is 2.21. The Bertz CT molecular complexity index is 299. The van der Waals surface area contributed by atoms with Crippen LogP contribution >= 0.6 is 23.2 Å². The zero-order valence-corrected chi connectivity index (χ0v) is 9.35. The molecule has 0 N–H and O–H groups in total. The Morgan fingerprint density at radius 2 is 1.57 bits per heavy atom. The molecular formula is C11H12Cl2N. The van der Waals surface area contributed by atoms with Crippen molar-refractivity contribution < 1.29 is 0 Å². The van der Waals surface area contributed by atoms with E-state index in [1.807, 2.05) is 12.1 Å². The van der Waals surface area contributed by atoms with Crippen LogP contribution in [-0.2, 0) is 0 Å². The summed E-state index contributed by atoms with van der Waals surface area (Å²) in [4.78, 5) is 0. The zero-order chi connectivity index (χ0) is 9.97. The van der Waals surface area contributed by atoms with Gasteiger partial charge in [0.1, 0.15) is 0 Å². The fraction of sp³-hybridized carbons (Fsp3) is 0.455. The largest absolute Gasteiger partial charge is 0.242 e. The average Bonchev–Trinajstić information content (AvgIpc) is 2.18. The number of hydrogen-bond acceptors (Lipinski definition) is 0. The number of piperidine rings is 1. The van der Waals surface area contributed by atoms with Gasteiger partial charge in [0, 0.05) is 23.1 Å². The summed E-state index contributed by atoms with van der Waals surface area (Å²) >= 11 is 11.9. The number of nitrogens with zero attached hydrogens (tertiary/aromatic N) is 1. The summed E-state index contributed by atoms with van der Waals surface area (Å²) in [6.45, 7) is 1.93. The van der Waals surface area contributed by atoms with Crippen molar-refractivity contribution >= 4 is 23.2 Å². The van der Waals surface area contributed by atoms with Crippen molar-refractivity contribution in [3.05, 3.63) is 33.8 Å². The van der Waals surface area contributed by atoms with Crippen molar-refractivity contribution in [3.63, 3.8) is 0 Å². The van der Waals surface area contributed by atoms with Crippen LogP contribution in [0.15, 0.2) is 18.2 Å². The van der Waals surface area contributed by atoms with Crippen LogP contribution in [-0.4, -0.2) is 13.1 Å². The smallest absolute Gasteiger partial charge is 0.0423 e. The first-order valence-corrected chi connectivity index (χ1v) is 5.60. The van der Waals surface area contributed by atoms with Gasteiger partial charge in [0.05, 0.1) is 0 Å². The summed E-state index contributed by atoms with van der Waals surface area (Å²) in [5, 5.41) is 5.79. The third-order valence-corrected chi connectivity index (χ3v) is 3.06. The number of rotatable bonds is 1. The van der Waals surface area contributed by atoms with Crippen LogP contribution in [0.3, 0.4) is 0 Å². The molecule has 0 atom stereocenters. The maximum atomic E-state index is 5.96. The van der Waals surface area contributed by atoms with Gasteiger partial charge in [0.25, 0.3) is 0 Å². The Hall–Kier alpha value is -0.240. The van der Waals surface area contributed by atoms with E-state index in [-0.39, 0.29) is 0 Å². The molecule has 1 aromatic carbocycles. The van der Waals surface area contributed by atoms with Crippen LogP contribution in [0.5, 0.6) is 0 Å². The Morgan fingerprint density at radius 1 is 1.00 bits per heavy atom. The van der Waals surface area contributed by atoms with Crippen LogP contribution in [0.2, 0.25) is 10.0 Å². The van der Waals surface area contributed by atoms with Crippen LogP contribution in [0, 0.1) is 0 Å². The van der Waals surface area contributed by atoms with Gasteiger partial charge in [-0.25, -0.2) is 5.32 Å². The molecular weight excluding hydrogens is 217 g/mol. The van der Waals surface area contributed by atoms with Gasteiger partial charge in [0.2, 0.25) is 0 Å². The lowest BCUT2D eigenvalue weighted by Crippen LogP contribution is -2.20. The highest BCUT2D eigenvalue weighted by Crippen LogP contribution is 2.30. The SMILES string of the molecule is Clc1cc(Cl)cc(C2CC[N]CC2)c1. The van der Waals surface area contributed by atoms with E-state index in [2.05, 4.69) is 5.32 Å². The van der Waals surface area contributed by atoms with E-state index in [0.717, 1.165) is 36.0 Å². The monoisotopic (exact) mass is 228 g/mol. The second kappa shape index (κ2) is 4.52. The molecule has 1 fully saturated rings. The lowest BCUT2D eigenvalue weighted by molar-refractivity contribution is 0.453. The fourth-order valence-electron chi connectivity index (χ4n) is 1.89. The van der Waals surface area contributed by atoms with Gasteiger partial charge in [-0.15, -0.1) is 0 Å². The molecule has 0 saturated carbocycles. The summed E-state index contributed by atoms with van der Waals surface area (Å²) in [6.07, 6.45) is 2.24. The third kappa shape index (κ3) is 2.41. The van der Waals surface area contributed by atoms with E-state index < -0.39 is 0 Å². The summed E-state index contributed by atoms with van der Waals surface area (Å²) in [5.41, 5.74) is 1.26. The molecule has 3 heteroatoms. The minimum atomic E-state index is 0.587. The van der Waals surface area contributed by atoms with Crippen LogP contribution in [0.4, 0.5) is 0 Å². The molecule has 1 aliphatic heterocycles. The quantitative estimate of drug-likeness (QED) is 0.700. The van der Waals surface area contributed by atoms with Gasteiger partial charge in [0.15, 0.2) is 0 Å². The van der Waals surface area contributed by atoms with Crippen molar-refractivity contribution in [2.24, 2.45) is 0 Å². The minimum Gasteiger partial charge on any atom is -0.242 e. The van der Waals surface area contributed by atoms with E-state index in [1.165, 1.54) is 5.56 Å². The van der Waals surface area contributed by atoms with Crippen molar-refractivity contribution in [2.75, 3.05) is 13.1 Å². The zero-order valence-electron chi connectivity index (χ0n) is 7.84. The third-order valence-electron chi connectivity index (χ3n) is 2.63. The highest BCUT2D eigenvalue weighted by atomic mass is 35.5. The highest BCUT2D eigenvalue weighted by molar-refractivity contribution is 6.34. The number of hydrogen-bond donors (Lipinski definition) is 0. The molecule has 1 aromatic rings. The molecule has 1 heterocycles. The van der Waals surface area contributed by atoms with Gasteiger partial charge in [-0.3, -0.25) is 0 Å². The van der Waals surface area contributed by atoms with Crippen LogP contribution in [0.25, 0.3) is 0 Å². The van der Waals surface area contributed by atoms with E-state index in [1.54, 1.807) is 6.07 Å². The van der Waals surface area contributed by atoms with Gasteiger partial charge in [-0.2, -0.15) is 0 Å². The minimum absolute atomic E-state index is 0.587. The number of halogens is 2. The fourth-order valence-corrected chi connectivity index (χ4v) is 2.44. The maximum absolute atomic E-state index is 5.96. The lowest BCUT2D eigenvalue weighted by atomic mass is 9.90. The average molecular weight is 229 g/mol. The molecule has 1 nitrogen and oxygen atoms in total. The maximum Gasteiger partial charge on any atom is 0.0423 e. The molecule has 0 aliphatic carbocycles. The van der Waals surface area contributed by atoms with Crippen molar-refractivity contribution in [2.45, 2.75) is 18.8 Å². The Kier molecular flexibility index (Phi) is 3.32. The highest BCUT2D eigenvalue weighted by Gasteiger charge is 2.16. The molecule has 0 unspecified atom stereocenters. The van der Waals surface area contributed by atoms with Crippen molar-refractivity contribution in [1.29, 1.82) is 0 Å². The van der Waals surface area contributed by atoms with Gasteiger partial charge in [-0.05, 0) is 42.5 Å². The first kappa shape index (κ1) is 10.3. The normalized spacial score (nSPS) is 18.4. The number of benzene rings is 1. The van der Waals surface area contributed by atoms with Crippen LogP contribution in [0.1, 0.15) is 24.3 Å². The summed E-state index contributed by atoms with van der Waals surface area (Å²) in [7, 11) is 0. The van der Waals surface area contributed by atoms with Crippen molar-refractivity contribution in [3.8, 4) is 0 Å². The molecule has 0 spiro atoms. The van der Waals surface area contributed by atoms with Gasteiger partial charge in [-0.1, -0.05) is 23.2 Å². The molecule has 0 amide bonds. The second-order valence-electron chi connectivity index (χ2n) is 3.65. The van der Waals surface area contributed by atoms with E-state index in [9.17, 15) is 0 Å². The molecule has 14 heavy (non-hydrogen) atoms. The standard InChI is InChI=1S/C11H12Cl2N/c12-10-5-9(6-11(13)7-10)8-1-3-14-4-2-8/h5-8H,1-4H2. The molecule has 0 bridgehead atoms.